The lowest BCUT2D eigenvalue weighted by atomic mass is 9.92. The lowest BCUT2D eigenvalue weighted by Crippen LogP contribution is -2.10. The fourth-order valence-corrected chi connectivity index (χ4v) is 1.41. The Kier molecular flexibility index (Phi) is 1.65. The highest BCUT2D eigenvalue weighted by molar-refractivity contribution is 5.80. The van der Waals surface area contributed by atoms with E-state index >= 15 is 0 Å². The van der Waals surface area contributed by atoms with Crippen molar-refractivity contribution in [3.63, 3.8) is 0 Å². The van der Waals surface area contributed by atoms with E-state index < -0.39 is 0 Å². The normalized spacial score (nSPS) is 12.2. The van der Waals surface area contributed by atoms with Crippen LogP contribution < -0.4 is 0 Å². The van der Waals surface area contributed by atoms with Crippen LogP contribution in [0.15, 0.2) is 29.0 Å². The largest absolute Gasteiger partial charge is 0.466 e. The first kappa shape index (κ1) is 8.30. The van der Waals surface area contributed by atoms with Crippen LogP contribution in [-0.2, 0) is 5.41 Å². The van der Waals surface area contributed by atoms with E-state index in [1.54, 1.807) is 12.5 Å². The highest BCUT2D eigenvalue weighted by Crippen LogP contribution is 2.29. The first-order valence-electron chi connectivity index (χ1n) is 4.42. The fraction of sp³-hybridized carbons (Fsp3) is 0.364. The molecule has 0 amide bonds. The molecular formula is C11H13NO. The van der Waals surface area contributed by atoms with E-state index in [1.807, 2.05) is 12.1 Å². The molecule has 2 aromatic heterocycles. The van der Waals surface area contributed by atoms with Gasteiger partial charge in [0.1, 0.15) is 17.5 Å². The predicted octanol–water partition coefficient (Wildman–Crippen LogP) is 3.13. The molecule has 0 saturated carbocycles. The van der Waals surface area contributed by atoms with Crippen molar-refractivity contribution in [1.29, 1.82) is 0 Å². The lowest BCUT2D eigenvalue weighted by Gasteiger charge is -2.14. The second-order valence-electron chi connectivity index (χ2n) is 4.26. The second-order valence-corrected chi connectivity index (χ2v) is 4.26. The molecule has 2 aromatic rings. The van der Waals surface area contributed by atoms with Crippen LogP contribution in [-0.4, -0.2) is 4.98 Å². The maximum Gasteiger partial charge on any atom is 0.135 e. The number of rotatable bonds is 0. The summed E-state index contributed by atoms with van der Waals surface area (Å²) in [5, 5.41) is 1.08. The highest BCUT2D eigenvalue weighted by atomic mass is 16.3. The molecule has 0 atom stereocenters. The molecule has 0 aliphatic carbocycles. The molecular weight excluding hydrogens is 162 g/mol. The van der Waals surface area contributed by atoms with Crippen molar-refractivity contribution in [1.82, 2.24) is 4.98 Å². The minimum absolute atomic E-state index is 0.0239. The van der Waals surface area contributed by atoms with Gasteiger partial charge in [0.2, 0.25) is 0 Å². The number of aromatic nitrogens is 1. The summed E-state index contributed by atoms with van der Waals surface area (Å²) in [5.74, 6) is 0.961. The van der Waals surface area contributed by atoms with Gasteiger partial charge in [0.15, 0.2) is 0 Å². The monoisotopic (exact) mass is 175 g/mol. The van der Waals surface area contributed by atoms with E-state index in [2.05, 4.69) is 25.8 Å². The third-order valence-corrected chi connectivity index (χ3v) is 2.04. The average Bonchev–Trinajstić information content (AvgIpc) is 2.45. The Balaban J connectivity index is 2.72. The number of hydrogen-bond acceptors (Lipinski definition) is 2. The molecule has 0 radical (unpaired) electrons. The molecule has 0 saturated heterocycles. The van der Waals surface area contributed by atoms with Gasteiger partial charge in [-0.3, -0.25) is 4.98 Å². The summed E-state index contributed by atoms with van der Waals surface area (Å²) in [6, 6.07) is 3.94. The first-order chi connectivity index (χ1) is 6.09. The standard InChI is InChI=1S/C11H13NO/c1-11(2,3)10-9-8(7-13-10)5-4-6-12-9/h4-7H,1-3H3. The molecule has 0 aliphatic rings. The maximum atomic E-state index is 5.52. The van der Waals surface area contributed by atoms with E-state index in [-0.39, 0.29) is 5.41 Å². The molecule has 2 heterocycles. The number of furan rings is 1. The van der Waals surface area contributed by atoms with Gasteiger partial charge < -0.3 is 4.42 Å². The average molecular weight is 175 g/mol. The van der Waals surface area contributed by atoms with Crippen molar-refractivity contribution in [2.24, 2.45) is 0 Å². The summed E-state index contributed by atoms with van der Waals surface area (Å²) in [5.41, 5.74) is 1.01. The van der Waals surface area contributed by atoms with E-state index in [4.69, 9.17) is 4.42 Å². The number of pyridine rings is 1. The van der Waals surface area contributed by atoms with Gasteiger partial charge in [-0.2, -0.15) is 0 Å². The van der Waals surface area contributed by atoms with E-state index in [0.29, 0.717) is 0 Å². The summed E-state index contributed by atoms with van der Waals surface area (Å²) >= 11 is 0. The third kappa shape index (κ3) is 1.32. The van der Waals surface area contributed by atoms with Crippen LogP contribution in [0.3, 0.4) is 0 Å². The van der Waals surface area contributed by atoms with Crippen LogP contribution in [0.25, 0.3) is 10.9 Å². The topological polar surface area (TPSA) is 26.0 Å². The zero-order chi connectivity index (χ0) is 9.47. The fourth-order valence-electron chi connectivity index (χ4n) is 1.41. The minimum atomic E-state index is 0.0239. The van der Waals surface area contributed by atoms with Crippen molar-refractivity contribution in [3.05, 3.63) is 30.4 Å². The quantitative estimate of drug-likeness (QED) is 0.614. The molecule has 0 unspecified atom stereocenters. The number of hydrogen-bond donors (Lipinski definition) is 0. The SMILES string of the molecule is CC(C)(C)c1occ2cccnc12. The second kappa shape index (κ2) is 2.59. The van der Waals surface area contributed by atoms with Crippen molar-refractivity contribution >= 4 is 10.9 Å². The maximum absolute atomic E-state index is 5.52. The summed E-state index contributed by atoms with van der Waals surface area (Å²) in [7, 11) is 0. The summed E-state index contributed by atoms with van der Waals surface area (Å²) in [4.78, 5) is 4.31. The van der Waals surface area contributed by atoms with Gasteiger partial charge in [-0.15, -0.1) is 0 Å². The molecule has 0 fully saturated rings. The smallest absolute Gasteiger partial charge is 0.135 e. The van der Waals surface area contributed by atoms with E-state index in [1.165, 1.54) is 0 Å². The molecule has 0 aliphatic heterocycles. The Hall–Kier alpha value is -1.31. The molecule has 2 heteroatoms. The van der Waals surface area contributed by atoms with Gasteiger partial charge in [-0.1, -0.05) is 20.8 Å². The van der Waals surface area contributed by atoms with Crippen molar-refractivity contribution < 1.29 is 4.42 Å². The summed E-state index contributed by atoms with van der Waals surface area (Å²) < 4.78 is 5.52. The zero-order valence-corrected chi connectivity index (χ0v) is 8.16. The van der Waals surface area contributed by atoms with Crippen LogP contribution in [0, 0.1) is 0 Å². The Morgan fingerprint density at radius 2 is 2.08 bits per heavy atom. The van der Waals surface area contributed by atoms with Gasteiger partial charge in [0.25, 0.3) is 0 Å². The van der Waals surface area contributed by atoms with Crippen LogP contribution >= 0.6 is 0 Å². The highest BCUT2D eigenvalue weighted by Gasteiger charge is 2.21. The molecule has 0 N–H and O–H groups in total. The molecule has 0 bridgehead atoms. The molecule has 0 spiro atoms. The number of fused-ring (bicyclic) bond motifs is 1. The molecule has 2 rings (SSSR count). The summed E-state index contributed by atoms with van der Waals surface area (Å²) in [6.07, 6.45) is 3.57. The van der Waals surface area contributed by atoms with Crippen LogP contribution in [0.4, 0.5) is 0 Å². The van der Waals surface area contributed by atoms with Crippen molar-refractivity contribution in [2.75, 3.05) is 0 Å². The van der Waals surface area contributed by atoms with Crippen molar-refractivity contribution in [3.8, 4) is 0 Å². The Labute approximate surface area is 77.6 Å². The minimum Gasteiger partial charge on any atom is -0.466 e. The van der Waals surface area contributed by atoms with Crippen LogP contribution in [0.2, 0.25) is 0 Å². The molecule has 13 heavy (non-hydrogen) atoms. The Morgan fingerprint density at radius 1 is 1.31 bits per heavy atom. The van der Waals surface area contributed by atoms with Crippen LogP contribution in [0.5, 0.6) is 0 Å². The van der Waals surface area contributed by atoms with Crippen LogP contribution in [0.1, 0.15) is 26.5 Å². The third-order valence-electron chi connectivity index (χ3n) is 2.04. The Bertz CT molecular complexity index is 423. The van der Waals surface area contributed by atoms with Gasteiger partial charge in [0, 0.05) is 17.0 Å². The van der Waals surface area contributed by atoms with E-state index in [0.717, 1.165) is 16.7 Å². The zero-order valence-electron chi connectivity index (χ0n) is 8.16. The van der Waals surface area contributed by atoms with Gasteiger partial charge >= 0.3 is 0 Å². The summed E-state index contributed by atoms with van der Waals surface area (Å²) in [6.45, 7) is 6.37. The van der Waals surface area contributed by atoms with Gasteiger partial charge in [-0.25, -0.2) is 0 Å². The van der Waals surface area contributed by atoms with Gasteiger partial charge in [0.05, 0.1) is 0 Å². The first-order valence-corrected chi connectivity index (χ1v) is 4.42. The van der Waals surface area contributed by atoms with Gasteiger partial charge in [-0.05, 0) is 12.1 Å². The molecule has 0 aromatic carbocycles. The molecule has 2 nitrogen and oxygen atoms in total. The molecule has 68 valence electrons. The van der Waals surface area contributed by atoms with Crippen molar-refractivity contribution in [2.45, 2.75) is 26.2 Å². The lowest BCUT2D eigenvalue weighted by molar-refractivity contribution is 0.414. The predicted molar refractivity (Wildman–Crippen MR) is 52.7 cm³/mol. The number of nitrogens with zero attached hydrogens (tertiary/aromatic N) is 1. The van der Waals surface area contributed by atoms with E-state index in [9.17, 15) is 0 Å². The Morgan fingerprint density at radius 3 is 2.77 bits per heavy atom.